The molecule has 1 heterocycles. The molecule has 0 amide bonds. The summed E-state index contributed by atoms with van der Waals surface area (Å²) in [7, 11) is 0. The van der Waals surface area contributed by atoms with Crippen LogP contribution in [0.4, 0.5) is 0 Å². The van der Waals surface area contributed by atoms with Crippen molar-refractivity contribution in [2.45, 2.75) is 51.0 Å². The van der Waals surface area contributed by atoms with E-state index in [-0.39, 0.29) is 5.54 Å². The average molecular weight is 195 g/mol. The van der Waals surface area contributed by atoms with Gasteiger partial charge in [0.2, 0.25) is 5.89 Å². The Morgan fingerprint density at radius 1 is 1.36 bits per heavy atom. The fraction of sp³-hybridized carbons (Fsp3) is 0.800. The number of nitrogens with zero attached hydrogens (tertiary/aromatic N) is 2. The molecular formula is C10H17N3O. The predicted molar refractivity (Wildman–Crippen MR) is 52.6 cm³/mol. The van der Waals surface area contributed by atoms with Crippen LogP contribution in [0.25, 0.3) is 0 Å². The molecule has 0 aromatic carbocycles. The van der Waals surface area contributed by atoms with Crippen molar-refractivity contribution in [3.63, 3.8) is 0 Å². The molecule has 0 atom stereocenters. The zero-order chi connectivity index (χ0) is 10.0. The van der Waals surface area contributed by atoms with Gasteiger partial charge >= 0.3 is 0 Å². The lowest BCUT2D eigenvalue weighted by atomic mass is 9.82. The number of hydrogen-bond donors (Lipinski definition) is 1. The Balaban J connectivity index is 2.19. The van der Waals surface area contributed by atoms with Gasteiger partial charge in [0, 0.05) is 6.42 Å². The average Bonchev–Trinajstić information content (AvgIpc) is 2.67. The molecule has 0 unspecified atom stereocenters. The molecule has 0 bridgehead atoms. The highest BCUT2D eigenvalue weighted by molar-refractivity contribution is 5.03. The van der Waals surface area contributed by atoms with Gasteiger partial charge in [-0.25, -0.2) is 0 Å². The number of hydrogen-bond acceptors (Lipinski definition) is 4. The van der Waals surface area contributed by atoms with Crippen LogP contribution in [0.1, 0.15) is 50.7 Å². The number of nitrogens with two attached hydrogens (primary N) is 1. The molecule has 78 valence electrons. The quantitative estimate of drug-likeness (QED) is 0.780. The number of rotatable bonds is 2. The third-order valence-corrected chi connectivity index (χ3v) is 2.96. The maximum atomic E-state index is 6.25. The normalized spacial score (nSPS) is 21.0. The summed E-state index contributed by atoms with van der Waals surface area (Å²) < 4.78 is 5.21. The van der Waals surface area contributed by atoms with Crippen LogP contribution in [0.15, 0.2) is 4.52 Å². The minimum atomic E-state index is -0.349. The van der Waals surface area contributed by atoms with Crippen LogP contribution in [0.3, 0.4) is 0 Å². The highest BCUT2D eigenvalue weighted by atomic mass is 16.5. The summed E-state index contributed by atoms with van der Waals surface area (Å²) in [5.41, 5.74) is 5.90. The fourth-order valence-corrected chi connectivity index (χ4v) is 2.00. The Morgan fingerprint density at radius 2 is 2.07 bits per heavy atom. The molecule has 2 rings (SSSR count). The van der Waals surface area contributed by atoms with Gasteiger partial charge in [0.25, 0.3) is 0 Å². The van der Waals surface area contributed by atoms with Gasteiger partial charge in [-0.15, -0.1) is 0 Å². The highest BCUT2D eigenvalue weighted by Crippen LogP contribution is 2.33. The van der Waals surface area contributed by atoms with Crippen LogP contribution < -0.4 is 5.73 Å². The first-order valence-corrected chi connectivity index (χ1v) is 5.36. The van der Waals surface area contributed by atoms with E-state index in [1.54, 1.807) is 0 Å². The molecule has 14 heavy (non-hydrogen) atoms. The van der Waals surface area contributed by atoms with Crippen molar-refractivity contribution in [1.82, 2.24) is 10.1 Å². The van der Waals surface area contributed by atoms with E-state index in [1.807, 2.05) is 6.92 Å². The third-order valence-electron chi connectivity index (χ3n) is 2.96. The molecule has 1 aromatic heterocycles. The second kappa shape index (κ2) is 3.69. The van der Waals surface area contributed by atoms with Crippen LogP contribution in [-0.4, -0.2) is 10.1 Å². The van der Waals surface area contributed by atoms with Crippen LogP contribution >= 0.6 is 0 Å². The Morgan fingerprint density at radius 3 is 2.64 bits per heavy atom. The summed E-state index contributed by atoms with van der Waals surface area (Å²) in [6, 6.07) is 0. The van der Waals surface area contributed by atoms with Crippen molar-refractivity contribution >= 4 is 0 Å². The second-order valence-electron chi connectivity index (χ2n) is 4.09. The summed E-state index contributed by atoms with van der Waals surface area (Å²) in [5.74, 6) is 1.39. The molecule has 4 heteroatoms. The van der Waals surface area contributed by atoms with Gasteiger partial charge in [0.15, 0.2) is 5.82 Å². The van der Waals surface area contributed by atoms with Gasteiger partial charge in [-0.1, -0.05) is 31.3 Å². The Bertz CT molecular complexity index is 302. The van der Waals surface area contributed by atoms with Gasteiger partial charge in [0.05, 0.1) is 5.54 Å². The zero-order valence-electron chi connectivity index (χ0n) is 8.62. The molecule has 0 aliphatic heterocycles. The summed E-state index contributed by atoms with van der Waals surface area (Å²) in [6.07, 6.45) is 6.35. The number of aryl methyl sites for hydroxylation is 1. The second-order valence-corrected chi connectivity index (χ2v) is 4.09. The summed E-state index contributed by atoms with van der Waals surface area (Å²) in [4.78, 5) is 4.32. The maximum Gasteiger partial charge on any atom is 0.246 e. The summed E-state index contributed by atoms with van der Waals surface area (Å²) in [5, 5.41) is 3.89. The molecule has 4 nitrogen and oxygen atoms in total. The molecule has 1 aliphatic rings. The SMILES string of the molecule is CCc1noc(C2(N)CCCCC2)n1. The minimum Gasteiger partial charge on any atom is -0.337 e. The van der Waals surface area contributed by atoms with Crippen LogP contribution in [0.5, 0.6) is 0 Å². The van der Waals surface area contributed by atoms with Crippen molar-refractivity contribution in [2.24, 2.45) is 5.73 Å². The monoisotopic (exact) mass is 195 g/mol. The molecule has 0 spiro atoms. The maximum absolute atomic E-state index is 6.25. The minimum absolute atomic E-state index is 0.349. The highest BCUT2D eigenvalue weighted by Gasteiger charge is 2.34. The van der Waals surface area contributed by atoms with Gasteiger partial charge in [-0.05, 0) is 12.8 Å². The summed E-state index contributed by atoms with van der Waals surface area (Å²) in [6.45, 7) is 2.01. The van der Waals surface area contributed by atoms with Gasteiger partial charge in [0.1, 0.15) is 0 Å². The van der Waals surface area contributed by atoms with Crippen LogP contribution in [-0.2, 0) is 12.0 Å². The lowest BCUT2D eigenvalue weighted by molar-refractivity contribution is 0.219. The van der Waals surface area contributed by atoms with E-state index in [0.717, 1.165) is 25.1 Å². The van der Waals surface area contributed by atoms with Crippen molar-refractivity contribution in [3.05, 3.63) is 11.7 Å². The van der Waals surface area contributed by atoms with Gasteiger partial charge in [-0.2, -0.15) is 4.98 Å². The summed E-state index contributed by atoms with van der Waals surface area (Å²) >= 11 is 0. The van der Waals surface area contributed by atoms with Crippen LogP contribution in [0, 0.1) is 0 Å². The molecule has 1 aliphatic carbocycles. The third kappa shape index (κ3) is 1.66. The van der Waals surface area contributed by atoms with E-state index in [1.165, 1.54) is 19.3 Å². The lowest BCUT2D eigenvalue weighted by Gasteiger charge is -2.29. The van der Waals surface area contributed by atoms with Crippen LogP contribution in [0.2, 0.25) is 0 Å². The van der Waals surface area contributed by atoms with Crippen molar-refractivity contribution in [1.29, 1.82) is 0 Å². The Kier molecular flexibility index (Phi) is 2.54. The number of aromatic nitrogens is 2. The van der Waals surface area contributed by atoms with Gasteiger partial charge < -0.3 is 10.3 Å². The molecule has 1 aromatic rings. The molecule has 2 N–H and O–H groups in total. The van der Waals surface area contributed by atoms with E-state index < -0.39 is 0 Å². The lowest BCUT2D eigenvalue weighted by Crippen LogP contribution is -2.38. The first-order chi connectivity index (χ1) is 6.74. The largest absolute Gasteiger partial charge is 0.337 e. The van der Waals surface area contributed by atoms with Crippen molar-refractivity contribution < 1.29 is 4.52 Å². The predicted octanol–water partition coefficient (Wildman–Crippen LogP) is 1.75. The van der Waals surface area contributed by atoms with Crippen molar-refractivity contribution in [2.75, 3.05) is 0 Å². The van der Waals surface area contributed by atoms with E-state index in [2.05, 4.69) is 10.1 Å². The molecule has 0 radical (unpaired) electrons. The fourth-order valence-electron chi connectivity index (χ4n) is 2.00. The van der Waals surface area contributed by atoms with E-state index in [4.69, 9.17) is 10.3 Å². The van der Waals surface area contributed by atoms with E-state index in [0.29, 0.717) is 5.89 Å². The topological polar surface area (TPSA) is 64.9 Å². The van der Waals surface area contributed by atoms with E-state index in [9.17, 15) is 0 Å². The molecule has 0 saturated heterocycles. The van der Waals surface area contributed by atoms with Gasteiger partial charge in [-0.3, -0.25) is 0 Å². The first kappa shape index (κ1) is 9.65. The molecule has 1 fully saturated rings. The molecular weight excluding hydrogens is 178 g/mol. The Hall–Kier alpha value is -0.900. The standard InChI is InChI=1S/C10H17N3O/c1-2-8-12-9(14-13-8)10(11)6-4-3-5-7-10/h2-7,11H2,1H3. The van der Waals surface area contributed by atoms with E-state index >= 15 is 0 Å². The van der Waals surface area contributed by atoms with Crippen molar-refractivity contribution in [3.8, 4) is 0 Å². The molecule has 1 saturated carbocycles. The Labute approximate surface area is 83.9 Å². The zero-order valence-corrected chi connectivity index (χ0v) is 8.62. The first-order valence-electron chi connectivity index (χ1n) is 5.36. The smallest absolute Gasteiger partial charge is 0.246 e.